The van der Waals surface area contributed by atoms with Crippen LogP contribution in [0.5, 0.6) is 0 Å². The third-order valence-electron chi connectivity index (χ3n) is 3.53. The van der Waals surface area contributed by atoms with E-state index in [9.17, 15) is 19.0 Å². The van der Waals surface area contributed by atoms with Gasteiger partial charge < -0.3 is 30.5 Å². The lowest BCUT2D eigenvalue weighted by atomic mass is 9.99. The Morgan fingerprint density at radius 1 is 1.18 bits per heavy atom. The van der Waals surface area contributed by atoms with Gasteiger partial charge in [-0.15, -0.1) is 0 Å². The zero-order chi connectivity index (χ0) is 16.3. The third kappa shape index (κ3) is 3.43. The maximum Gasteiger partial charge on any atom is 0.132 e. The predicted molar refractivity (Wildman–Crippen MR) is 71.8 cm³/mol. The Labute approximate surface area is 126 Å². The molecule has 1 aromatic carbocycles. The minimum Gasteiger partial charge on any atom is -0.394 e. The molecule has 5 N–H and O–H groups in total. The molecule has 1 aliphatic rings. The van der Waals surface area contributed by atoms with Gasteiger partial charge in [0.1, 0.15) is 36.1 Å². The fraction of sp³-hybridized carbons (Fsp3) is 0.571. The highest BCUT2D eigenvalue weighted by molar-refractivity contribution is 5.30. The summed E-state index contributed by atoms with van der Waals surface area (Å²) in [7, 11) is 0. The van der Waals surface area contributed by atoms with Gasteiger partial charge in [0.15, 0.2) is 0 Å². The highest BCUT2D eigenvalue weighted by Gasteiger charge is 2.44. The van der Waals surface area contributed by atoms with E-state index in [-0.39, 0.29) is 30.9 Å². The van der Waals surface area contributed by atoms with E-state index in [0.717, 1.165) is 0 Å². The number of benzene rings is 1. The lowest BCUT2D eigenvalue weighted by Crippen LogP contribution is -2.32. The molecule has 0 saturated carbocycles. The van der Waals surface area contributed by atoms with Crippen molar-refractivity contribution in [3.05, 3.63) is 34.9 Å². The van der Waals surface area contributed by atoms with Crippen LogP contribution in [0.2, 0.25) is 0 Å². The zero-order valence-electron chi connectivity index (χ0n) is 11.8. The number of rotatable bonds is 6. The number of nitrogens with two attached hydrogens (primary N) is 1. The summed E-state index contributed by atoms with van der Waals surface area (Å²) >= 11 is 0. The molecule has 0 spiro atoms. The van der Waals surface area contributed by atoms with Gasteiger partial charge in [-0.2, -0.15) is 0 Å². The van der Waals surface area contributed by atoms with Crippen molar-refractivity contribution >= 4 is 0 Å². The summed E-state index contributed by atoms with van der Waals surface area (Å²) in [5.41, 5.74) is 5.25. The number of aliphatic hydroxyl groups excluding tert-OH is 3. The minimum absolute atomic E-state index is 0.0857. The van der Waals surface area contributed by atoms with E-state index >= 15 is 0 Å². The fourth-order valence-electron chi connectivity index (χ4n) is 2.36. The van der Waals surface area contributed by atoms with Crippen LogP contribution in [-0.4, -0.2) is 53.4 Å². The molecule has 0 aromatic heterocycles. The first-order valence-electron chi connectivity index (χ1n) is 6.87. The lowest BCUT2D eigenvalue weighted by Gasteiger charge is -2.17. The highest BCUT2D eigenvalue weighted by atomic mass is 19.1. The van der Waals surface area contributed by atoms with E-state index in [2.05, 4.69) is 0 Å². The Bertz CT molecular complexity index is 516. The van der Waals surface area contributed by atoms with Crippen LogP contribution in [0.15, 0.2) is 12.1 Å². The summed E-state index contributed by atoms with van der Waals surface area (Å²) in [6.45, 7) is -0.139. The molecule has 0 aliphatic carbocycles. The molecule has 0 bridgehead atoms. The van der Waals surface area contributed by atoms with Crippen molar-refractivity contribution in [1.29, 1.82) is 0 Å². The van der Waals surface area contributed by atoms with Gasteiger partial charge in [-0.1, -0.05) is 0 Å². The van der Waals surface area contributed by atoms with Crippen LogP contribution in [0.1, 0.15) is 17.2 Å². The van der Waals surface area contributed by atoms with Crippen LogP contribution in [0.3, 0.4) is 0 Å². The van der Waals surface area contributed by atoms with E-state index in [4.69, 9.17) is 20.3 Å². The number of halogens is 2. The van der Waals surface area contributed by atoms with Gasteiger partial charge in [-0.3, -0.25) is 0 Å². The number of aliphatic hydroxyl groups is 3. The molecule has 1 unspecified atom stereocenters. The average molecular weight is 319 g/mol. The van der Waals surface area contributed by atoms with E-state index in [1.165, 1.54) is 6.07 Å². The van der Waals surface area contributed by atoms with E-state index in [0.29, 0.717) is 6.07 Å². The van der Waals surface area contributed by atoms with Crippen LogP contribution >= 0.6 is 0 Å². The first-order valence-corrected chi connectivity index (χ1v) is 6.87. The quantitative estimate of drug-likeness (QED) is 0.532. The normalized spacial score (nSPS) is 28.3. The summed E-state index contributed by atoms with van der Waals surface area (Å²) in [5.74, 6) is -1.69. The van der Waals surface area contributed by atoms with Crippen LogP contribution in [-0.2, 0) is 16.1 Å². The van der Waals surface area contributed by atoms with Crippen molar-refractivity contribution in [2.45, 2.75) is 31.0 Å². The minimum atomic E-state index is -1.42. The smallest absolute Gasteiger partial charge is 0.132 e. The molecule has 8 heteroatoms. The van der Waals surface area contributed by atoms with Gasteiger partial charge in [-0.25, -0.2) is 8.78 Å². The molecular weight excluding hydrogens is 300 g/mol. The summed E-state index contributed by atoms with van der Waals surface area (Å²) in [6.07, 6.45) is -4.99. The van der Waals surface area contributed by atoms with Crippen molar-refractivity contribution in [1.82, 2.24) is 0 Å². The first-order chi connectivity index (χ1) is 10.5. The first kappa shape index (κ1) is 17.2. The van der Waals surface area contributed by atoms with Crippen LogP contribution < -0.4 is 5.73 Å². The molecule has 1 saturated heterocycles. The highest BCUT2D eigenvalue weighted by Crippen LogP contribution is 2.35. The average Bonchev–Trinajstić information content (AvgIpc) is 2.77. The maximum absolute atomic E-state index is 14.0. The van der Waals surface area contributed by atoms with Gasteiger partial charge in [-0.05, 0) is 6.07 Å². The Kier molecular flexibility index (Phi) is 5.79. The lowest BCUT2D eigenvalue weighted by molar-refractivity contribution is -0.0237. The number of hydrogen-bond donors (Lipinski definition) is 4. The second kappa shape index (κ2) is 7.40. The van der Waals surface area contributed by atoms with Gasteiger partial charge in [0.2, 0.25) is 0 Å². The standard InChI is InChI=1S/C14H19F2NO5/c15-9-4-10(16)8(3-7(9)6-21-2-1-17)14-13(20)12(19)11(5-18)22-14/h3-4,11-14,18-20H,1-2,5-6,17H2/t11-,12?,13+,14+/m1/s1. The Morgan fingerprint density at radius 2 is 1.91 bits per heavy atom. The Morgan fingerprint density at radius 3 is 2.50 bits per heavy atom. The van der Waals surface area contributed by atoms with Crippen molar-refractivity contribution < 1.29 is 33.6 Å². The Balaban J connectivity index is 2.25. The number of hydrogen-bond acceptors (Lipinski definition) is 6. The second-order valence-corrected chi connectivity index (χ2v) is 5.07. The van der Waals surface area contributed by atoms with E-state index < -0.39 is 42.7 Å². The SMILES string of the molecule is NCCOCc1cc([C@@H]2O[C@H](CO)C(O)[C@@H]2O)c(F)cc1F. The third-order valence-corrected chi connectivity index (χ3v) is 3.53. The maximum atomic E-state index is 14.0. The van der Waals surface area contributed by atoms with Crippen LogP contribution in [0.4, 0.5) is 8.78 Å². The number of ether oxygens (including phenoxy) is 2. The molecule has 1 heterocycles. The Hall–Kier alpha value is -1.16. The molecule has 0 radical (unpaired) electrons. The molecule has 1 aromatic rings. The summed E-state index contributed by atoms with van der Waals surface area (Å²) in [5, 5.41) is 28.7. The molecule has 6 nitrogen and oxygen atoms in total. The molecule has 0 amide bonds. The van der Waals surface area contributed by atoms with Crippen molar-refractivity contribution in [3.8, 4) is 0 Å². The molecular formula is C14H19F2NO5. The monoisotopic (exact) mass is 319 g/mol. The van der Waals surface area contributed by atoms with Crippen molar-refractivity contribution in [2.24, 2.45) is 5.73 Å². The molecule has 1 fully saturated rings. The summed E-state index contributed by atoms with van der Waals surface area (Å²) < 4.78 is 38.1. The largest absolute Gasteiger partial charge is 0.394 e. The van der Waals surface area contributed by atoms with E-state index in [1.54, 1.807) is 0 Å². The van der Waals surface area contributed by atoms with Gasteiger partial charge >= 0.3 is 0 Å². The predicted octanol–water partition coefficient (Wildman–Crippen LogP) is -0.406. The van der Waals surface area contributed by atoms with E-state index in [1.807, 2.05) is 0 Å². The molecule has 2 rings (SSSR count). The topological polar surface area (TPSA) is 105 Å². The summed E-state index contributed by atoms with van der Waals surface area (Å²) in [4.78, 5) is 0. The molecule has 124 valence electrons. The second-order valence-electron chi connectivity index (χ2n) is 5.07. The van der Waals surface area contributed by atoms with Gasteiger partial charge in [0.05, 0.1) is 19.8 Å². The van der Waals surface area contributed by atoms with Gasteiger partial charge in [0.25, 0.3) is 0 Å². The molecule has 1 aliphatic heterocycles. The van der Waals surface area contributed by atoms with Crippen LogP contribution in [0.25, 0.3) is 0 Å². The van der Waals surface area contributed by atoms with Crippen molar-refractivity contribution in [2.75, 3.05) is 19.8 Å². The molecule has 22 heavy (non-hydrogen) atoms. The fourth-order valence-corrected chi connectivity index (χ4v) is 2.36. The van der Waals surface area contributed by atoms with Gasteiger partial charge in [0, 0.05) is 23.7 Å². The molecule has 4 atom stereocenters. The van der Waals surface area contributed by atoms with Crippen LogP contribution in [0, 0.1) is 11.6 Å². The summed E-state index contributed by atoms with van der Waals surface area (Å²) in [6, 6.07) is 1.85. The zero-order valence-corrected chi connectivity index (χ0v) is 11.8. The van der Waals surface area contributed by atoms with Crippen molar-refractivity contribution in [3.63, 3.8) is 0 Å².